The van der Waals surface area contributed by atoms with Gasteiger partial charge in [0.05, 0.1) is 4.47 Å². The lowest BCUT2D eigenvalue weighted by Gasteiger charge is -2.28. The van der Waals surface area contributed by atoms with Crippen molar-refractivity contribution in [1.29, 1.82) is 0 Å². The van der Waals surface area contributed by atoms with Crippen LogP contribution in [0.4, 0.5) is 0 Å². The molecule has 0 atom stereocenters. The highest BCUT2D eigenvalue weighted by atomic mass is 79.9. The van der Waals surface area contributed by atoms with Gasteiger partial charge in [0.1, 0.15) is 11.5 Å². The molecular weight excluding hydrogens is 372 g/mol. The van der Waals surface area contributed by atoms with E-state index in [9.17, 15) is 10.2 Å². The average molecular weight is 386 g/mol. The van der Waals surface area contributed by atoms with Gasteiger partial charge in [0.15, 0.2) is 0 Å². The minimum absolute atomic E-state index is 0.206. The third-order valence-electron chi connectivity index (χ3n) is 3.32. The number of halogens is 2. The standard InChI is InChI=1S/C15H14Br2O2/c1-15(2,9-3-5-10(18)6-4-9)11-7-8-12(19)14(17)13(11)16/h3-8,18-19H,1-2H3. The number of hydrogen-bond donors (Lipinski definition) is 2. The van der Waals surface area contributed by atoms with Crippen LogP contribution in [0.2, 0.25) is 0 Å². The highest BCUT2D eigenvalue weighted by Crippen LogP contribution is 2.42. The molecule has 19 heavy (non-hydrogen) atoms. The maximum absolute atomic E-state index is 9.69. The largest absolute Gasteiger partial charge is 0.508 e. The van der Waals surface area contributed by atoms with Gasteiger partial charge in [-0.15, -0.1) is 0 Å². The van der Waals surface area contributed by atoms with Gasteiger partial charge in [-0.1, -0.05) is 32.0 Å². The van der Waals surface area contributed by atoms with Crippen LogP contribution in [-0.2, 0) is 5.41 Å². The molecule has 4 heteroatoms. The molecule has 0 unspecified atom stereocenters. The normalized spacial score (nSPS) is 11.6. The van der Waals surface area contributed by atoms with Crippen molar-refractivity contribution >= 4 is 31.9 Å². The van der Waals surface area contributed by atoms with Crippen molar-refractivity contribution in [1.82, 2.24) is 0 Å². The Morgan fingerprint density at radius 3 is 2.00 bits per heavy atom. The molecule has 0 amide bonds. The van der Waals surface area contributed by atoms with Crippen LogP contribution in [-0.4, -0.2) is 10.2 Å². The first-order valence-corrected chi connectivity index (χ1v) is 7.39. The maximum atomic E-state index is 9.69. The summed E-state index contributed by atoms with van der Waals surface area (Å²) in [5.74, 6) is 0.461. The summed E-state index contributed by atoms with van der Waals surface area (Å²) in [5, 5.41) is 19.1. The summed E-state index contributed by atoms with van der Waals surface area (Å²) < 4.78 is 1.49. The fourth-order valence-electron chi connectivity index (χ4n) is 2.06. The third kappa shape index (κ3) is 2.65. The van der Waals surface area contributed by atoms with E-state index in [2.05, 4.69) is 45.7 Å². The molecule has 0 aliphatic heterocycles. The molecular formula is C15H14Br2O2. The number of phenols is 2. The number of phenolic OH excluding ortho intramolecular Hbond substituents is 2. The fourth-order valence-corrected chi connectivity index (χ4v) is 3.23. The van der Waals surface area contributed by atoms with Gasteiger partial charge in [-0.2, -0.15) is 0 Å². The summed E-state index contributed by atoms with van der Waals surface area (Å²) in [7, 11) is 0. The van der Waals surface area contributed by atoms with Gasteiger partial charge in [0, 0.05) is 9.89 Å². The van der Waals surface area contributed by atoms with Crippen LogP contribution in [0, 0.1) is 0 Å². The molecule has 2 aromatic rings. The second-order valence-corrected chi connectivity index (χ2v) is 6.52. The van der Waals surface area contributed by atoms with Crippen LogP contribution in [0.15, 0.2) is 45.3 Å². The number of aromatic hydroxyl groups is 2. The third-order valence-corrected chi connectivity index (χ3v) is 5.48. The maximum Gasteiger partial charge on any atom is 0.130 e. The van der Waals surface area contributed by atoms with E-state index < -0.39 is 0 Å². The van der Waals surface area contributed by atoms with E-state index in [-0.39, 0.29) is 16.9 Å². The van der Waals surface area contributed by atoms with E-state index in [1.165, 1.54) is 0 Å². The first-order chi connectivity index (χ1) is 8.84. The molecule has 2 nitrogen and oxygen atoms in total. The summed E-state index contributed by atoms with van der Waals surface area (Å²) in [6, 6.07) is 10.7. The molecule has 0 aliphatic carbocycles. The van der Waals surface area contributed by atoms with Crippen LogP contribution in [0.3, 0.4) is 0 Å². The molecule has 0 heterocycles. The van der Waals surface area contributed by atoms with Crippen molar-refractivity contribution in [3.8, 4) is 11.5 Å². The first kappa shape index (κ1) is 14.4. The smallest absolute Gasteiger partial charge is 0.130 e. The Hall–Kier alpha value is -1.000. The van der Waals surface area contributed by atoms with E-state index in [0.717, 1.165) is 15.6 Å². The zero-order valence-corrected chi connectivity index (χ0v) is 13.8. The molecule has 0 spiro atoms. The van der Waals surface area contributed by atoms with Gasteiger partial charge in [-0.3, -0.25) is 0 Å². The molecule has 2 rings (SSSR count). The molecule has 0 aromatic heterocycles. The van der Waals surface area contributed by atoms with Crippen molar-refractivity contribution in [2.75, 3.05) is 0 Å². The topological polar surface area (TPSA) is 40.5 Å². The van der Waals surface area contributed by atoms with Crippen LogP contribution in [0.5, 0.6) is 11.5 Å². The summed E-state index contributed by atoms with van der Waals surface area (Å²) in [5.41, 5.74) is 1.90. The van der Waals surface area contributed by atoms with Crippen molar-refractivity contribution in [2.24, 2.45) is 0 Å². The predicted molar refractivity (Wildman–Crippen MR) is 83.7 cm³/mol. The lowest BCUT2D eigenvalue weighted by atomic mass is 9.78. The zero-order chi connectivity index (χ0) is 14.2. The van der Waals surface area contributed by atoms with E-state index in [1.54, 1.807) is 18.2 Å². The van der Waals surface area contributed by atoms with Crippen LogP contribution in [0.25, 0.3) is 0 Å². The fraction of sp³-hybridized carbons (Fsp3) is 0.200. The van der Waals surface area contributed by atoms with Crippen molar-refractivity contribution in [2.45, 2.75) is 19.3 Å². The quantitative estimate of drug-likeness (QED) is 0.767. The second-order valence-electron chi connectivity index (χ2n) is 4.93. The summed E-state index contributed by atoms with van der Waals surface area (Å²) in [6.07, 6.45) is 0. The second kappa shape index (κ2) is 5.17. The van der Waals surface area contributed by atoms with Gasteiger partial charge in [0.25, 0.3) is 0 Å². The van der Waals surface area contributed by atoms with E-state index >= 15 is 0 Å². The highest BCUT2D eigenvalue weighted by molar-refractivity contribution is 9.13. The SMILES string of the molecule is CC(C)(c1ccc(O)cc1)c1ccc(O)c(Br)c1Br. The van der Waals surface area contributed by atoms with Crippen molar-refractivity contribution in [3.63, 3.8) is 0 Å². The predicted octanol–water partition coefficient (Wildman–Crippen LogP) is 4.95. The summed E-state index contributed by atoms with van der Waals surface area (Å²) in [4.78, 5) is 0. The molecule has 2 N–H and O–H groups in total. The first-order valence-electron chi connectivity index (χ1n) is 5.81. The molecule has 0 radical (unpaired) electrons. The Labute approximate surface area is 129 Å². The minimum atomic E-state index is -0.247. The van der Waals surface area contributed by atoms with Crippen molar-refractivity contribution < 1.29 is 10.2 Å². The molecule has 0 saturated heterocycles. The Bertz CT molecular complexity index is 604. The van der Waals surface area contributed by atoms with Gasteiger partial charge in [-0.25, -0.2) is 0 Å². The molecule has 0 saturated carbocycles. The Balaban J connectivity index is 2.56. The lowest BCUT2D eigenvalue weighted by molar-refractivity contribution is 0.470. The molecule has 0 aliphatic rings. The van der Waals surface area contributed by atoms with Crippen LogP contribution < -0.4 is 0 Å². The lowest BCUT2D eigenvalue weighted by Crippen LogP contribution is -2.19. The van der Waals surface area contributed by atoms with E-state index in [1.807, 2.05) is 18.2 Å². The summed E-state index contributed by atoms with van der Waals surface area (Å²) in [6.45, 7) is 4.20. The minimum Gasteiger partial charge on any atom is -0.508 e. The Kier molecular flexibility index (Phi) is 3.92. The van der Waals surface area contributed by atoms with Gasteiger partial charge in [-0.05, 0) is 61.2 Å². The number of benzene rings is 2. The van der Waals surface area contributed by atoms with E-state index in [4.69, 9.17) is 0 Å². The monoisotopic (exact) mass is 384 g/mol. The van der Waals surface area contributed by atoms with Gasteiger partial charge < -0.3 is 10.2 Å². The number of hydrogen-bond acceptors (Lipinski definition) is 2. The van der Waals surface area contributed by atoms with Crippen molar-refractivity contribution in [3.05, 3.63) is 56.5 Å². The molecule has 2 aromatic carbocycles. The van der Waals surface area contributed by atoms with Gasteiger partial charge in [0.2, 0.25) is 0 Å². The van der Waals surface area contributed by atoms with Crippen LogP contribution in [0.1, 0.15) is 25.0 Å². The molecule has 0 fully saturated rings. The Morgan fingerprint density at radius 1 is 0.842 bits per heavy atom. The highest BCUT2D eigenvalue weighted by Gasteiger charge is 2.27. The molecule has 100 valence electrons. The molecule has 0 bridgehead atoms. The summed E-state index contributed by atoms with van der Waals surface area (Å²) >= 11 is 6.89. The van der Waals surface area contributed by atoms with E-state index in [0.29, 0.717) is 4.47 Å². The van der Waals surface area contributed by atoms with Gasteiger partial charge >= 0.3 is 0 Å². The number of rotatable bonds is 2. The Morgan fingerprint density at radius 2 is 1.42 bits per heavy atom. The zero-order valence-electron chi connectivity index (χ0n) is 10.6. The van der Waals surface area contributed by atoms with Crippen LogP contribution >= 0.6 is 31.9 Å². The average Bonchev–Trinajstić information content (AvgIpc) is 2.36.